The quantitative estimate of drug-likeness (QED) is 0.153. The van der Waals surface area contributed by atoms with Crippen molar-refractivity contribution in [3.05, 3.63) is 362 Å². The van der Waals surface area contributed by atoms with E-state index in [1.165, 1.54) is 104 Å². The summed E-state index contributed by atoms with van der Waals surface area (Å²) >= 11 is 0. The molecule has 0 aliphatic heterocycles. The number of rotatable bonds is 1. The third-order valence-corrected chi connectivity index (χ3v) is 15.8. The third kappa shape index (κ3) is 61.8. The van der Waals surface area contributed by atoms with Crippen molar-refractivity contribution < 1.29 is 32.7 Å². The number of nitrogens with zero attached hydrogens (tertiary/aromatic N) is 8. The van der Waals surface area contributed by atoms with Gasteiger partial charge >= 0.3 is 0 Å². The summed E-state index contributed by atoms with van der Waals surface area (Å²) in [5.41, 5.74) is 16.6. The molecule has 0 N–H and O–H groups in total. The van der Waals surface area contributed by atoms with E-state index in [0.29, 0.717) is 0 Å². The number of hydrogen-bond acceptors (Lipinski definition) is 4. The van der Waals surface area contributed by atoms with Gasteiger partial charge in [0, 0.05) is 148 Å². The molecule has 0 aliphatic carbocycles. The smallest absolute Gasteiger partial charge is 0.0488 e. The Kier molecular flexibility index (Phi) is 110. The van der Waals surface area contributed by atoms with Crippen LogP contribution in [0.4, 0.5) is 0 Å². The third-order valence-electron chi connectivity index (χ3n) is 15.8. The average Bonchev–Trinajstić information content (AvgIpc) is 1.65. The number of aromatic nitrogens is 4. The van der Waals surface area contributed by atoms with E-state index in [4.69, 9.17) is 0 Å². The van der Waals surface area contributed by atoms with Crippen LogP contribution in [-0.2, 0) is 60.9 Å². The van der Waals surface area contributed by atoms with Crippen molar-refractivity contribution in [2.24, 2.45) is 28.2 Å². The molecule has 0 atom stereocenters. The molecule has 0 saturated heterocycles. The van der Waals surface area contributed by atoms with Crippen molar-refractivity contribution in [2.75, 3.05) is 84.6 Å². The molecule has 0 saturated carbocycles. The van der Waals surface area contributed by atoms with Crippen LogP contribution in [0, 0.1) is 32.9 Å². The fraction of sp³-hybridized carbons (Fsp3) is 0.376. The SMILES string of the molecule is CC.CC.CC.CC.CC.CC.CC.CC.CC.CC.CC.CC.CC.CC.CN(C)C.CN(C)C.CN(C)C.CN(C)C.Cc1ccccc1.Cc1ccccc1.Cc1ccccc1.Cn1c2ccccc2c2ccccc21.Cn1c2ccccc2c2ccccc21.Cn1c2ccccc2c2ccccc21.Cn1c2ccccc2c2ccccc21.[Y].[c-]1ccccc1-c1[c-]cccc1. The normalized spacial score (nSPS) is 8.62. The maximum atomic E-state index is 3.15. The summed E-state index contributed by atoms with van der Waals surface area (Å²) in [5, 5.41) is 10.7. The zero-order valence-corrected chi connectivity index (χ0v) is 97.2. The van der Waals surface area contributed by atoms with Gasteiger partial charge in [-0.05, 0) is 154 Å². The van der Waals surface area contributed by atoms with Crippen molar-refractivity contribution in [3.63, 3.8) is 0 Å². The zero-order valence-electron chi connectivity index (χ0n) is 94.4. The van der Waals surface area contributed by atoms with E-state index < -0.39 is 0 Å². The minimum Gasteiger partial charge on any atom is -0.344 e. The van der Waals surface area contributed by atoms with E-state index >= 15 is 0 Å². The van der Waals surface area contributed by atoms with Gasteiger partial charge in [0.25, 0.3) is 0 Å². The predicted octanol–water partition coefficient (Wildman–Crippen LogP) is 37.3. The van der Waals surface area contributed by atoms with Crippen LogP contribution in [0.5, 0.6) is 0 Å². The first-order valence-electron chi connectivity index (χ1n) is 49.7. The van der Waals surface area contributed by atoms with Crippen LogP contribution in [0.1, 0.15) is 211 Å². The Balaban J connectivity index is -0.000000156. The molecule has 0 fully saturated rings. The van der Waals surface area contributed by atoms with Gasteiger partial charge in [-0.25, -0.2) is 11.1 Å². The Morgan fingerprint density at radius 3 is 0.358 bits per heavy atom. The Morgan fingerprint density at radius 2 is 0.261 bits per heavy atom. The minimum atomic E-state index is 0. The molecule has 741 valence electrons. The molecule has 134 heavy (non-hydrogen) atoms. The molecular formula is C125H196N8Y-2. The van der Waals surface area contributed by atoms with E-state index in [-0.39, 0.29) is 32.7 Å². The van der Waals surface area contributed by atoms with Crippen LogP contribution >= 0.6 is 0 Å². The molecule has 0 spiro atoms. The second-order valence-corrected chi connectivity index (χ2v) is 27.3. The molecule has 4 heterocycles. The topological polar surface area (TPSA) is 32.7 Å². The molecule has 0 unspecified atom stereocenters. The largest absolute Gasteiger partial charge is 0.344 e. The molecule has 13 aromatic carbocycles. The number of para-hydroxylation sites is 8. The molecular weight excluding hydrogens is 1700 g/mol. The van der Waals surface area contributed by atoms with Gasteiger partial charge in [-0.3, -0.25) is 0 Å². The summed E-state index contributed by atoms with van der Waals surface area (Å²) < 4.78 is 8.96. The van der Waals surface area contributed by atoms with Gasteiger partial charge in [0.1, 0.15) is 0 Å². The van der Waals surface area contributed by atoms with Gasteiger partial charge in [-0.1, -0.05) is 447 Å². The maximum absolute atomic E-state index is 3.15. The first-order valence-corrected chi connectivity index (χ1v) is 49.7. The van der Waals surface area contributed by atoms with Gasteiger partial charge in [-0.2, -0.15) is 48.5 Å². The van der Waals surface area contributed by atoms with Crippen LogP contribution < -0.4 is 0 Å². The Labute approximate surface area is 852 Å². The van der Waals surface area contributed by atoms with Gasteiger partial charge in [0.15, 0.2) is 0 Å². The van der Waals surface area contributed by atoms with Crippen molar-refractivity contribution in [1.82, 2.24) is 37.9 Å². The molecule has 1 radical (unpaired) electrons. The Morgan fingerprint density at radius 1 is 0.157 bits per heavy atom. The average molecular weight is 1900 g/mol. The van der Waals surface area contributed by atoms with E-state index in [1.54, 1.807) is 0 Å². The molecule has 0 aliphatic rings. The molecule has 0 bridgehead atoms. The number of hydrogen-bond donors (Lipinski definition) is 0. The van der Waals surface area contributed by atoms with Gasteiger partial charge in [0.05, 0.1) is 0 Å². The summed E-state index contributed by atoms with van der Waals surface area (Å²) in [5.74, 6) is 0. The van der Waals surface area contributed by atoms with Crippen LogP contribution in [0.3, 0.4) is 0 Å². The number of aryl methyl sites for hydroxylation is 7. The zero-order chi connectivity index (χ0) is 104. The van der Waals surface area contributed by atoms with Crippen LogP contribution in [0.15, 0.2) is 334 Å². The monoisotopic (exact) mass is 1900 g/mol. The van der Waals surface area contributed by atoms with Crippen molar-refractivity contribution in [3.8, 4) is 11.1 Å². The van der Waals surface area contributed by atoms with E-state index in [2.05, 4.69) is 310 Å². The fourth-order valence-electron chi connectivity index (χ4n) is 11.2. The second kappa shape index (κ2) is 102. The number of benzene rings is 13. The molecule has 8 nitrogen and oxygen atoms in total. The van der Waals surface area contributed by atoms with Gasteiger partial charge < -0.3 is 37.9 Å². The van der Waals surface area contributed by atoms with Crippen molar-refractivity contribution in [2.45, 2.75) is 215 Å². The molecule has 0 amide bonds. The van der Waals surface area contributed by atoms with E-state index in [0.717, 1.165) is 11.1 Å². The Hall–Kier alpha value is -10.00. The first kappa shape index (κ1) is 144. The van der Waals surface area contributed by atoms with E-state index in [1.807, 2.05) is 401 Å². The first-order chi connectivity index (χ1) is 64.6. The molecule has 4 aromatic heterocycles. The van der Waals surface area contributed by atoms with Crippen molar-refractivity contribution in [1.29, 1.82) is 0 Å². The Bertz CT molecular complexity index is 4390. The molecule has 17 rings (SSSR count). The second-order valence-electron chi connectivity index (χ2n) is 27.3. The molecule has 17 aromatic rings. The predicted molar refractivity (Wildman–Crippen MR) is 622 cm³/mol. The summed E-state index contributed by atoms with van der Waals surface area (Å²) in [6.45, 7) is 62.3. The number of fused-ring (bicyclic) bond motifs is 12. The van der Waals surface area contributed by atoms with Crippen LogP contribution in [-0.4, -0.2) is 122 Å². The van der Waals surface area contributed by atoms with Crippen molar-refractivity contribution >= 4 is 87.2 Å². The molecule has 9 heteroatoms. The van der Waals surface area contributed by atoms with Gasteiger partial charge in [-0.15, -0.1) is 12.1 Å². The summed E-state index contributed by atoms with van der Waals surface area (Å²) in [4.78, 5) is 8.00. The fourth-order valence-corrected chi connectivity index (χ4v) is 11.2. The van der Waals surface area contributed by atoms with Gasteiger partial charge in [0.2, 0.25) is 0 Å². The van der Waals surface area contributed by atoms with Crippen LogP contribution in [0.2, 0.25) is 0 Å². The summed E-state index contributed by atoms with van der Waals surface area (Å²) in [6.07, 6.45) is 0. The minimum absolute atomic E-state index is 0. The maximum Gasteiger partial charge on any atom is 0.0488 e. The van der Waals surface area contributed by atoms with Crippen LogP contribution in [0.25, 0.3) is 98.4 Å². The summed E-state index contributed by atoms with van der Waals surface area (Å²) in [7, 11) is 32.5. The summed E-state index contributed by atoms with van der Waals surface area (Å²) in [6, 6.07) is 121. The standard InChI is InChI=1S/4C13H11N.C12H8.3C7H8.4C3H9N.14C2H6.Y/c4*1-14-12-8-4-2-6-10(12)11-7-3-5-9-13(11)14;1-3-7-11(8-4-1)12-9-5-2-6-10-12;3*1-7-5-3-2-4-6-7;4*1-4(2)3;14*1-2;/h4*2-9H,1H3;1-7,9H;3*2-6H,1H3;4*1-3H3;14*1-2H3;/q;;;;-2;;;;;;;;;;;;;;;;;;;;;;. The van der Waals surface area contributed by atoms with E-state index in [9.17, 15) is 0 Å².